The Morgan fingerprint density at radius 3 is 2.70 bits per heavy atom. The highest BCUT2D eigenvalue weighted by molar-refractivity contribution is 6.04. The highest BCUT2D eigenvalue weighted by Gasteiger charge is 2.19. The number of nitrogens with one attached hydrogen (secondary N) is 1. The van der Waals surface area contributed by atoms with Crippen LogP contribution in [-0.4, -0.2) is 40.5 Å². The SMILES string of the molecule is COc1cccc(-c2cc(C(=O)O)c3c(C)[nH]nc3n2)c1OC. The van der Waals surface area contributed by atoms with Gasteiger partial charge in [-0.1, -0.05) is 6.07 Å². The smallest absolute Gasteiger partial charge is 0.336 e. The normalized spacial score (nSPS) is 10.7. The van der Waals surface area contributed by atoms with Gasteiger partial charge < -0.3 is 14.6 Å². The minimum absolute atomic E-state index is 0.140. The molecule has 1 aromatic carbocycles. The standard InChI is InChI=1S/C16H15N3O4/c1-8-13-10(16(20)21)7-11(17-15(13)19-18-8)9-5-4-6-12(22-2)14(9)23-3/h4-7H,1-3H3,(H,20,21)(H,17,18,19). The summed E-state index contributed by atoms with van der Waals surface area (Å²) >= 11 is 0. The lowest BCUT2D eigenvalue weighted by molar-refractivity contribution is 0.0699. The predicted octanol–water partition coefficient (Wildman–Crippen LogP) is 2.65. The molecular formula is C16H15N3O4. The number of fused-ring (bicyclic) bond motifs is 1. The molecule has 0 aliphatic heterocycles. The maximum atomic E-state index is 11.6. The number of nitrogens with zero attached hydrogens (tertiary/aromatic N) is 2. The Morgan fingerprint density at radius 2 is 2.04 bits per heavy atom. The number of aromatic carboxylic acids is 1. The quantitative estimate of drug-likeness (QED) is 0.768. The van der Waals surface area contributed by atoms with Crippen LogP contribution in [0.4, 0.5) is 0 Å². The van der Waals surface area contributed by atoms with E-state index in [4.69, 9.17) is 9.47 Å². The number of methoxy groups -OCH3 is 2. The fourth-order valence-electron chi connectivity index (χ4n) is 2.57. The Hall–Kier alpha value is -3.09. The van der Waals surface area contributed by atoms with E-state index in [-0.39, 0.29) is 5.56 Å². The molecule has 0 saturated carbocycles. The van der Waals surface area contributed by atoms with Gasteiger partial charge in [0.1, 0.15) is 0 Å². The Bertz CT molecular complexity index is 902. The van der Waals surface area contributed by atoms with Gasteiger partial charge in [-0.3, -0.25) is 5.10 Å². The minimum Gasteiger partial charge on any atom is -0.493 e. The Balaban J connectivity index is 2.32. The van der Waals surface area contributed by atoms with Gasteiger partial charge in [-0.25, -0.2) is 9.78 Å². The lowest BCUT2D eigenvalue weighted by Gasteiger charge is -2.12. The third kappa shape index (κ3) is 2.36. The minimum atomic E-state index is -1.04. The molecule has 118 valence electrons. The third-order valence-electron chi connectivity index (χ3n) is 3.61. The first kappa shape index (κ1) is 14.8. The molecule has 0 spiro atoms. The maximum absolute atomic E-state index is 11.6. The number of ether oxygens (including phenoxy) is 2. The highest BCUT2D eigenvalue weighted by atomic mass is 16.5. The zero-order chi connectivity index (χ0) is 16.6. The molecule has 0 unspecified atom stereocenters. The number of hydrogen-bond acceptors (Lipinski definition) is 5. The molecule has 7 nitrogen and oxygen atoms in total. The van der Waals surface area contributed by atoms with Crippen molar-refractivity contribution in [2.75, 3.05) is 14.2 Å². The Labute approximate surface area is 131 Å². The number of H-pyrrole nitrogens is 1. The number of benzene rings is 1. The summed E-state index contributed by atoms with van der Waals surface area (Å²) in [5, 5.41) is 16.8. The highest BCUT2D eigenvalue weighted by Crippen LogP contribution is 2.38. The number of rotatable bonds is 4. The van der Waals surface area contributed by atoms with Crippen LogP contribution < -0.4 is 9.47 Å². The number of aryl methyl sites for hydroxylation is 1. The summed E-state index contributed by atoms with van der Waals surface area (Å²) < 4.78 is 10.7. The summed E-state index contributed by atoms with van der Waals surface area (Å²) in [5.74, 6) is -0.00237. The number of aromatic nitrogens is 3. The van der Waals surface area contributed by atoms with Gasteiger partial charge in [0.15, 0.2) is 17.1 Å². The zero-order valence-corrected chi connectivity index (χ0v) is 12.9. The maximum Gasteiger partial charge on any atom is 0.336 e. The van der Waals surface area contributed by atoms with Gasteiger partial charge in [-0.05, 0) is 25.1 Å². The van der Waals surface area contributed by atoms with Gasteiger partial charge in [-0.15, -0.1) is 0 Å². The van der Waals surface area contributed by atoms with Crippen molar-refractivity contribution >= 4 is 17.0 Å². The average molecular weight is 313 g/mol. The topological polar surface area (TPSA) is 97.3 Å². The van der Waals surface area contributed by atoms with E-state index in [0.717, 1.165) is 0 Å². The van der Waals surface area contributed by atoms with Crippen molar-refractivity contribution in [3.63, 3.8) is 0 Å². The first-order valence-corrected chi connectivity index (χ1v) is 6.87. The summed E-state index contributed by atoms with van der Waals surface area (Å²) in [6, 6.07) is 6.86. The molecule has 0 amide bonds. The zero-order valence-electron chi connectivity index (χ0n) is 12.9. The van der Waals surface area contributed by atoms with Gasteiger partial charge >= 0.3 is 5.97 Å². The fraction of sp³-hybridized carbons (Fsp3) is 0.188. The first-order chi connectivity index (χ1) is 11.1. The molecule has 2 heterocycles. The number of para-hydroxylation sites is 1. The molecule has 0 saturated heterocycles. The van der Waals surface area contributed by atoms with Crippen molar-refractivity contribution in [2.24, 2.45) is 0 Å². The molecule has 0 bridgehead atoms. The van der Waals surface area contributed by atoms with E-state index in [9.17, 15) is 9.90 Å². The molecule has 2 N–H and O–H groups in total. The summed E-state index contributed by atoms with van der Waals surface area (Å²) in [4.78, 5) is 16.1. The lowest BCUT2D eigenvalue weighted by Crippen LogP contribution is -2.01. The summed E-state index contributed by atoms with van der Waals surface area (Å²) in [5.41, 5.74) is 2.24. The number of carboxylic acids is 1. The van der Waals surface area contributed by atoms with Crippen LogP contribution in [-0.2, 0) is 0 Å². The van der Waals surface area contributed by atoms with E-state index < -0.39 is 5.97 Å². The first-order valence-electron chi connectivity index (χ1n) is 6.87. The largest absolute Gasteiger partial charge is 0.493 e. The second-order valence-electron chi connectivity index (χ2n) is 4.95. The van der Waals surface area contributed by atoms with Crippen LogP contribution in [0.1, 0.15) is 16.1 Å². The monoisotopic (exact) mass is 313 g/mol. The van der Waals surface area contributed by atoms with Crippen molar-refractivity contribution in [3.8, 4) is 22.8 Å². The molecule has 2 aromatic heterocycles. The molecule has 7 heteroatoms. The molecule has 3 aromatic rings. The molecule has 0 aliphatic rings. The van der Waals surface area contributed by atoms with Crippen molar-refractivity contribution in [2.45, 2.75) is 6.92 Å². The number of aromatic amines is 1. The Kier molecular flexibility index (Phi) is 3.61. The van der Waals surface area contributed by atoms with Crippen molar-refractivity contribution < 1.29 is 19.4 Å². The molecule has 3 rings (SSSR count). The van der Waals surface area contributed by atoms with Crippen LogP contribution in [0.2, 0.25) is 0 Å². The van der Waals surface area contributed by atoms with Crippen LogP contribution in [0, 0.1) is 6.92 Å². The third-order valence-corrected chi connectivity index (χ3v) is 3.61. The van der Waals surface area contributed by atoms with E-state index in [2.05, 4.69) is 15.2 Å². The molecule has 23 heavy (non-hydrogen) atoms. The van der Waals surface area contributed by atoms with Gasteiger partial charge in [-0.2, -0.15) is 5.10 Å². The van der Waals surface area contributed by atoms with Gasteiger partial charge in [0.25, 0.3) is 0 Å². The van der Waals surface area contributed by atoms with E-state index in [1.807, 2.05) is 0 Å². The predicted molar refractivity (Wildman–Crippen MR) is 84.1 cm³/mol. The van der Waals surface area contributed by atoms with Crippen molar-refractivity contribution in [1.82, 2.24) is 15.2 Å². The van der Waals surface area contributed by atoms with E-state index >= 15 is 0 Å². The van der Waals surface area contributed by atoms with Crippen LogP contribution in [0.3, 0.4) is 0 Å². The molecule has 0 fully saturated rings. The number of carboxylic acid groups (broad SMARTS) is 1. The van der Waals surface area contributed by atoms with E-state index in [0.29, 0.717) is 39.5 Å². The molecule has 0 atom stereocenters. The summed E-state index contributed by atoms with van der Waals surface area (Å²) in [7, 11) is 3.06. The van der Waals surface area contributed by atoms with Crippen LogP contribution in [0.5, 0.6) is 11.5 Å². The van der Waals surface area contributed by atoms with Crippen LogP contribution in [0.15, 0.2) is 24.3 Å². The number of carbonyl (C=O) groups is 1. The van der Waals surface area contributed by atoms with Crippen LogP contribution in [0.25, 0.3) is 22.3 Å². The number of pyridine rings is 1. The summed E-state index contributed by atoms with van der Waals surface area (Å²) in [6.07, 6.45) is 0. The second kappa shape index (κ2) is 5.60. The van der Waals surface area contributed by atoms with Gasteiger partial charge in [0, 0.05) is 11.3 Å². The average Bonchev–Trinajstić information content (AvgIpc) is 2.94. The van der Waals surface area contributed by atoms with Crippen molar-refractivity contribution in [3.05, 3.63) is 35.5 Å². The second-order valence-corrected chi connectivity index (χ2v) is 4.95. The van der Waals surface area contributed by atoms with Gasteiger partial charge in [0.2, 0.25) is 0 Å². The molecular weight excluding hydrogens is 298 g/mol. The Morgan fingerprint density at radius 1 is 1.26 bits per heavy atom. The van der Waals surface area contributed by atoms with E-state index in [1.165, 1.54) is 20.3 Å². The number of hydrogen-bond donors (Lipinski definition) is 2. The van der Waals surface area contributed by atoms with Gasteiger partial charge in [0.05, 0.1) is 30.9 Å². The lowest BCUT2D eigenvalue weighted by atomic mass is 10.0. The molecule has 0 radical (unpaired) electrons. The van der Waals surface area contributed by atoms with E-state index in [1.54, 1.807) is 25.1 Å². The molecule has 0 aliphatic carbocycles. The fourth-order valence-corrected chi connectivity index (χ4v) is 2.57. The summed E-state index contributed by atoms with van der Waals surface area (Å²) in [6.45, 7) is 1.76. The van der Waals surface area contributed by atoms with Crippen molar-refractivity contribution in [1.29, 1.82) is 0 Å². The van der Waals surface area contributed by atoms with Crippen LogP contribution >= 0.6 is 0 Å².